The molecular formula is C10H11Cl3OS. The van der Waals surface area contributed by atoms with Crippen molar-refractivity contribution in [2.24, 2.45) is 0 Å². The predicted octanol–water partition coefficient (Wildman–Crippen LogP) is 4.47. The van der Waals surface area contributed by atoms with Gasteiger partial charge in [-0.3, -0.25) is 0 Å². The number of hydrogen-bond acceptors (Lipinski definition) is 2. The Morgan fingerprint density at radius 1 is 1.33 bits per heavy atom. The minimum Gasteiger partial charge on any atom is -0.491 e. The monoisotopic (exact) mass is 284 g/mol. The summed E-state index contributed by atoms with van der Waals surface area (Å²) in [6, 6.07) is 3.43. The third-order valence-electron chi connectivity index (χ3n) is 1.76. The van der Waals surface area contributed by atoms with Crippen LogP contribution in [0.15, 0.2) is 12.1 Å². The minimum atomic E-state index is 0.342. The summed E-state index contributed by atoms with van der Waals surface area (Å²) in [7, 11) is 0. The molecule has 0 fully saturated rings. The number of rotatable bonds is 5. The maximum Gasteiger partial charge on any atom is 0.142 e. The second-order valence-corrected chi connectivity index (χ2v) is 4.95. The van der Waals surface area contributed by atoms with Crippen LogP contribution in [0.1, 0.15) is 5.56 Å². The molecule has 0 radical (unpaired) electrons. The van der Waals surface area contributed by atoms with Crippen molar-refractivity contribution in [3.8, 4) is 5.75 Å². The first-order valence-electron chi connectivity index (χ1n) is 4.34. The Hall–Kier alpha value is 0.240. The third kappa shape index (κ3) is 3.95. The van der Waals surface area contributed by atoms with Crippen molar-refractivity contribution in [3.05, 3.63) is 27.7 Å². The summed E-state index contributed by atoms with van der Waals surface area (Å²) < 4.78 is 5.56. The predicted molar refractivity (Wildman–Crippen MR) is 69.9 cm³/mol. The second-order valence-electron chi connectivity index (χ2n) is 2.85. The van der Waals surface area contributed by atoms with Crippen LogP contribution in [0.5, 0.6) is 5.75 Å². The SMILES string of the molecule is CSCCOc1c(Cl)cc(Cl)cc1CCl. The highest BCUT2D eigenvalue weighted by atomic mass is 35.5. The molecule has 1 nitrogen and oxygen atoms in total. The lowest BCUT2D eigenvalue weighted by molar-refractivity contribution is 0.341. The minimum absolute atomic E-state index is 0.342. The number of hydrogen-bond donors (Lipinski definition) is 0. The molecule has 1 aromatic carbocycles. The molecule has 84 valence electrons. The Balaban J connectivity index is 2.84. The van der Waals surface area contributed by atoms with E-state index >= 15 is 0 Å². The molecule has 0 aromatic heterocycles. The average molecular weight is 286 g/mol. The Labute approximate surface area is 109 Å². The number of halogens is 3. The van der Waals surface area contributed by atoms with Crippen LogP contribution in [0.4, 0.5) is 0 Å². The van der Waals surface area contributed by atoms with Crippen LogP contribution < -0.4 is 4.74 Å². The van der Waals surface area contributed by atoms with E-state index < -0.39 is 0 Å². The summed E-state index contributed by atoms with van der Waals surface area (Å²) in [5, 5.41) is 1.09. The van der Waals surface area contributed by atoms with Gasteiger partial charge in [-0.25, -0.2) is 0 Å². The van der Waals surface area contributed by atoms with Gasteiger partial charge < -0.3 is 4.74 Å². The highest BCUT2D eigenvalue weighted by molar-refractivity contribution is 7.98. The molecule has 0 unspecified atom stereocenters. The number of ether oxygens (including phenoxy) is 1. The van der Waals surface area contributed by atoms with Crippen molar-refractivity contribution in [2.45, 2.75) is 5.88 Å². The zero-order chi connectivity index (χ0) is 11.3. The number of thioether (sulfide) groups is 1. The van der Waals surface area contributed by atoms with Gasteiger partial charge in [0.2, 0.25) is 0 Å². The lowest BCUT2D eigenvalue weighted by atomic mass is 10.2. The van der Waals surface area contributed by atoms with Crippen LogP contribution in [-0.2, 0) is 5.88 Å². The smallest absolute Gasteiger partial charge is 0.142 e. The number of alkyl halides is 1. The first-order chi connectivity index (χ1) is 7.19. The molecule has 15 heavy (non-hydrogen) atoms. The molecule has 0 saturated heterocycles. The van der Waals surface area contributed by atoms with Gasteiger partial charge in [-0.1, -0.05) is 23.2 Å². The van der Waals surface area contributed by atoms with Crippen molar-refractivity contribution in [1.29, 1.82) is 0 Å². The first kappa shape index (κ1) is 13.3. The fraction of sp³-hybridized carbons (Fsp3) is 0.400. The van der Waals surface area contributed by atoms with Crippen molar-refractivity contribution in [3.63, 3.8) is 0 Å². The Morgan fingerprint density at radius 2 is 2.07 bits per heavy atom. The molecule has 0 saturated carbocycles. The molecular weight excluding hydrogens is 275 g/mol. The van der Waals surface area contributed by atoms with Crippen LogP contribution in [-0.4, -0.2) is 18.6 Å². The van der Waals surface area contributed by atoms with E-state index in [0.717, 1.165) is 11.3 Å². The summed E-state index contributed by atoms with van der Waals surface area (Å²) in [5.74, 6) is 1.90. The summed E-state index contributed by atoms with van der Waals surface area (Å²) in [6.07, 6.45) is 2.02. The topological polar surface area (TPSA) is 9.23 Å². The molecule has 0 heterocycles. The molecule has 0 amide bonds. The molecule has 0 bridgehead atoms. The van der Waals surface area contributed by atoms with Gasteiger partial charge in [0.05, 0.1) is 17.5 Å². The van der Waals surface area contributed by atoms with Crippen LogP contribution in [0.25, 0.3) is 0 Å². The van der Waals surface area contributed by atoms with Gasteiger partial charge in [0, 0.05) is 16.3 Å². The molecule has 0 aliphatic rings. The van der Waals surface area contributed by atoms with Crippen molar-refractivity contribution in [2.75, 3.05) is 18.6 Å². The van der Waals surface area contributed by atoms with Gasteiger partial charge in [-0.05, 0) is 18.4 Å². The van der Waals surface area contributed by atoms with E-state index in [1.54, 1.807) is 23.9 Å². The molecule has 1 rings (SSSR count). The van der Waals surface area contributed by atoms with E-state index in [-0.39, 0.29) is 0 Å². The van der Waals surface area contributed by atoms with Crippen LogP contribution in [0.3, 0.4) is 0 Å². The maximum atomic E-state index is 6.02. The third-order valence-corrected chi connectivity index (χ3v) is 3.12. The molecule has 0 aliphatic heterocycles. The zero-order valence-electron chi connectivity index (χ0n) is 8.23. The van der Waals surface area contributed by atoms with E-state index in [9.17, 15) is 0 Å². The lowest BCUT2D eigenvalue weighted by Gasteiger charge is -2.11. The van der Waals surface area contributed by atoms with E-state index in [4.69, 9.17) is 39.5 Å². The number of benzene rings is 1. The fourth-order valence-corrected chi connectivity index (χ4v) is 2.14. The molecule has 5 heteroatoms. The van der Waals surface area contributed by atoms with E-state index in [1.807, 2.05) is 6.26 Å². The summed E-state index contributed by atoms with van der Waals surface area (Å²) in [5.41, 5.74) is 0.829. The van der Waals surface area contributed by atoms with E-state index in [2.05, 4.69) is 0 Å². The highest BCUT2D eigenvalue weighted by Gasteiger charge is 2.09. The van der Waals surface area contributed by atoms with Crippen molar-refractivity contribution in [1.82, 2.24) is 0 Å². The van der Waals surface area contributed by atoms with Crippen LogP contribution in [0.2, 0.25) is 10.0 Å². The molecule has 0 spiro atoms. The highest BCUT2D eigenvalue weighted by Crippen LogP contribution is 2.33. The van der Waals surface area contributed by atoms with Gasteiger partial charge in [-0.2, -0.15) is 11.8 Å². The van der Waals surface area contributed by atoms with Gasteiger partial charge >= 0.3 is 0 Å². The molecule has 0 N–H and O–H groups in total. The van der Waals surface area contributed by atoms with Gasteiger partial charge in [0.15, 0.2) is 0 Å². The zero-order valence-corrected chi connectivity index (χ0v) is 11.3. The van der Waals surface area contributed by atoms with E-state index in [1.165, 1.54) is 0 Å². The lowest BCUT2D eigenvalue weighted by Crippen LogP contribution is -2.02. The van der Waals surface area contributed by atoms with Crippen molar-refractivity contribution >= 4 is 46.6 Å². The fourth-order valence-electron chi connectivity index (χ4n) is 1.10. The molecule has 1 aromatic rings. The van der Waals surface area contributed by atoms with Gasteiger partial charge in [-0.15, -0.1) is 11.6 Å². The average Bonchev–Trinajstić information content (AvgIpc) is 2.20. The normalized spacial score (nSPS) is 10.4. The Kier molecular flexibility index (Phi) is 5.98. The van der Waals surface area contributed by atoms with Crippen molar-refractivity contribution < 1.29 is 4.74 Å². The summed E-state index contributed by atoms with van der Waals surface area (Å²) >= 11 is 19.4. The molecule has 0 atom stereocenters. The maximum absolute atomic E-state index is 6.02. The quantitative estimate of drug-likeness (QED) is 0.583. The standard InChI is InChI=1S/C10H11Cl3OS/c1-15-3-2-14-10-7(6-11)4-8(12)5-9(10)13/h4-5H,2-3,6H2,1H3. The van der Waals surface area contributed by atoms with Crippen LogP contribution >= 0.6 is 46.6 Å². The van der Waals surface area contributed by atoms with E-state index in [0.29, 0.717) is 28.3 Å². The summed E-state index contributed by atoms with van der Waals surface area (Å²) in [6.45, 7) is 0.617. The van der Waals surface area contributed by atoms with Gasteiger partial charge in [0.1, 0.15) is 5.75 Å². The van der Waals surface area contributed by atoms with Crippen LogP contribution in [0, 0.1) is 0 Å². The molecule has 0 aliphatic carbocycles. The second kappa shape index (κ2) is 6.74. The Morgan fingerprint density at radius 3 is 2.67 bits per heavy atom. The van der Waals surface area contributed by atoms with Gasteiger partial charge in [0.25, 0.3) is 0 Å². The Bertz CT molecular complexity index is 331. The summed E-state index contributed by atoms with van der Waals surface area (Å²) in [4.78, 5) is 0. The largest absolute Gasteiger partial charge is 0.491 e. The first-order valence-corrected chi connectivity index (χ1v) is 7.03.